The van der Waals surface area contributed by atoms with Gasteiger partial charge in [0.1, 0.15) is 5.82 Å². The van der Waals surface area contributed by atoms with Gasteiger partial charge in [0, 0.05) is 24.4 Å². The molecule has 1 atom stereocenters. The summed E-state index contributed by atoms with van der Waals surface area (Å²) >= 11 is 0. The van der Waals surface area contributed by atoms with Crippen molar-refractivity contribution in [3.8, 4) is 11.5 Å². The molecule has 2 N–H and O–H groups in total. The van der Waals surface area contributed by atoms with Crippen molar-refractivity contribution in [2.75, 3.05) is 17.2 Å². The first-order valence-corrected chi connectivity index (χ1v) is 8.43. The Morgan fingerprint density at radius 2 is 2.00 bits per heavy atom. The molecular formula is C13H13FN4O4S. The van der Waals surface area contributed by atoms with Crippen LogP contribution in [-0.2, 0) is 14.8 Å². The number of carbonyl (C=O) groups excluding carboxylic acids is 1. The molecule has 23 heavy (non-hydrogen) atoms. The molecule has 1 aromatic heterocycles. The van der Waals surface area contributed by atoms with Gasteiger partial charge < -0.3 is 4.42 Å². The van der Waals surface area contributed by atoms with Crippen LogP contribution in [0.4, 0.5) is 10.4 Å². The third-order valence-corrected chi connectivity index (χ3v) is 4.35. The molecular weight excluding hydrogens is 327 g/mol. The molecule has 1 amide bonds. The average Bonchev–Trinajstić information content (AvgIpc) is 3.04. The minimum absolute atomic E-state index is 0.0220. The van der Waals surface area contributed by atoms with E-state index in [-0.39, 0.29) is 36.5 Å². The molecule has 122 valence electrons. The van der Waals surface area contributed by atoms with Crippen LogP contribution in [0.25, 0.3) is 11.5 Å². The molecule has 1 fully saturated rings. The molecule has 0 radical (unpaired) electrons. The number of carbonyl (C=O) groups is 1. The fraction of sp³-hybridized carbons (Fsp3) is 0.308. The molecule has 1 saturated heterocycles. The van der Waals surface area contributed by atoms with E-state index >= 15 is 0 Å². The van der Waals surface area contributed by atoms with Crippen molar-refractivity contribution in [1.82, 2.24) is 10.2 Å². The van der Waals surface area contributed by atoms with Crippen LogP contribution >= 0.6 is 0 Å². The van der Waals surface area contributed by atoms with Gasteiger partial charge in [0.05, 0.1) is 5.75 Å². The van der Waals surface area contributed by atoms with Crippen molar-refractivity contribution in [3.05, 3.63) is 30.1 Å². The molecule has 0 saturated carbocycles. The Labute approximate surface area is 131 Å². The number of anilines is 1. The van der Waals surface area contributed by atoms with E-state index in [0.717, 1.165) is 0 Å². The van der Waals surface area contributed by atoms with Crippen LogP contribution < -0.4 is 10.0 Å². The first-order chi connectivity index (χ1) is 10.8. The first-order valence-electron chi connectivity index (χ1n) is 6.72. The lowest BCUT2D eigenvalue weighted by Gasteiger charge is -2.10. The zero-order valence-corrected chi connectivity index (χ0v) is 12.7. The van der Waals surface area contributed by atoms with Crippen molar-refractivity contribution in [1.29, 1.82) is 0 Å². The fourth-order valence-electron chi connectivity index (χ4n) is 2.44. The number of nitrogens with zero attached hydrogens (tertiary/aromatic N) is 3. The lowest BCUT2D eigenvalue weighted by molar-refractivity contribution is -0.117. The summed E-state index contributed by atoms with van der Waals surface area (Å²) in [5.74, 6) is -1.27. The molecule has 2 heterocycles. The molecule has 1 aliphatic heterocycles. The Morgan fingerprint density at radius 3 is 2.65 bits per heavy atom. The Morgan fingerprint density at radius 1 is 1.30 bits per heavy atom. The lowest BCUT2D eigenvalue weighted by atomic mass is 10.1. The predicted molar refractivity (Wildman–Crippen MR) is 78.1 cm³/mol. The maximum atomic E-state index is 12.9. The number of amides is 1. The van der Waals surface area contributed by atoms with Crippen molar-refractivity contribution < 1.29 is 22.0 Å². The van der Waals surface area contributed by atoms with E-state index in [1.807, 2.05) is 0 Å². The van der Waals surface area contributed by atoms with Gasteiger partial charge in [-0.2, -0.15) is 0 Å². The van der Waals surface area contributed by atoms with Gasteiger partial charge in [-0.05, 0) is 24.3 Å². The SMILES string of the molecule is NS(=O)(=O)CC1CC(=O)N(c2nnc(-c3ccc(F)cc3)o2)C1. The molecule has 3 rings (SSSR count). The summed E-state index contributed by atoms with van der Waals surface area (Å²) in [7, 11) is -3.66. The number of hydrogen-bond donors (Lipinski definition) is 1. The standard InChI is InChI=1S/C13H13FN4O4S/c14-10-3-1-9(2-4-10)12-16-17-13(22-12)18-6-8(5-11(18)19)7-23(15,20)21/h1-4,8H,5-7H2,(H2,15,20,21). The van der Waals surface area contributed by atoms with Gasteiger partial charge in [-0.25, -0.2) is 17.9 Å². The maximum Gasteiger partial charge on any atom is 0.325 e. The molecule has 0 bridgehead atoms. The van der Waals surface area contributed by atoms with Crippen molar-refractivity contribution in [3.63, 3.8) is 0 Å². The minimum Gasteiger partial charge on any atom is -0.403 e. The topological polar surface area (TPSA) is 119 Å². The second kappa shape index (κ2) is 5.70. The second-order valence-electron chi connectivity index (χ2n) is 5.30. The number of benzene rings is 1. The predicted octanol–water partition coefficient (Wildman–Crippen LogP) is 0.517. The fourth-order valence-corrected chi connectivity index (χ4v) is 3.32. The summed E-state index contributed by atoms with van der Waals surface area (Å²) in [6.07, 6.45) is 0.0463. The van der Waals surface area contributed by atoms with Crippen LogP contribution in [0, 0.1) is 11.7 Å². The molecule has 0 aliphatic carbocycles. The van der Waals surface area contributed by atoms with Crippen LogP contribution in [0.3, 0.4) is 0 Å². The zero-order chi connectivity index (χ0) is 16.6. The molecule has 1 unspecified atom stereocenters. The molecule has 0 spiro atoms. The van der Waals surface area contributed by atoms with Gasteiger partial charge in [-0.1, -0.05) is 5.10 Å². The Hall–Kier alpha value is -2.33. The average molecular weight is 340 g/mol. The van der Waals surface area contributed by atoms with Crippen molar-refractivity contribution in [2.45, 2.75) is 6.42 Å². The minimum atomic E-state index is -3.66. The highest BCUT2D eigenvalue weighted by Crippen LogP contribution is 2.27. The Balaban J connectivity index is 1.78. The van der Waals surface area contributed by atoms with Crippen LogP contribution in [0.5, 0.6) is 0 Å². The van der Waals surface area contributed by atoms with E-state index in [1.54, 1.807) is 0 Å². The van der Waals surface area contributed by atoms with Crippen molar-refractivity contribution >= 4 is 21.9 Å². The quantitative estimate of drug-likeness (QED) is 0.866. The van der Waals surface area contributed by atoms with Crippen molar-refractivity contribution in [2.24, 2.45) is 11.1 Å². The van der Waals surface area contributed by atoms with Gasteiger partial charge in [-0.3, -0.25) is 9.69 Å². The molecule has 1 aromatic carbocycles. The monoisotopic (exact) mass is 340 g/mol. The van der Waals surface area contributed by atoms with E-state index in [0.29, 0.717) is 5.56 Å². The van der Waals surface area contributed by atoms with Gasteiger partial charge >= 0.3 is 6.01 Å². The first kappa shape index (κ1) is 15.6. The van der Waals surface area contributed by atoms with E-state index in [9.17, 15) is 17.6 Å². The number of aromatic nitrogens is 2. The Kier molecular flexibility index (Phi) is 3.86. The summed E-state index contributed by atoms with van der Waals surface area (Å²) in [6, 6.07) is 5.43. The Bertz CT molecular complexity index is 834. The zero-order valence-electron chi connectivity index (χ0n) is 11.8. The third-order valence-electron chi connectivity index (χ3n) is 3.41. The summed E-state index contributed by atoms with van der Waals surface area (Å²) in [5, 5.41) is 12.6. The van der Waals surface area contributed by atoms with Crippen LogP contribution in [0.15, 0.2) is 28.7 Å². The summed E-state index contributed by atoms with van der Waals surface area (Å²) in [5.41, 5.74) is 0.512. The number of sulfonamides is 1. The van der Waals surface area contributed by atoms with E-state index in [1.165, 1.54) is 29.2 Å². The van der Waals surface area contributed by atoms with Gasteiger partial charge in [0.25, 0.3) is 0 Å². The number of rotatable bonds is 4. The summed E-state index contributed by atoms with van der Waals surface area (Å²) < 4.78 is 40.6. The molecule has 1 aliphatic rings. The van der Waals surface area contributed by atoms with E-state index in [4.69, 9.17) is 9.56 Å². The van der Waals surface area contributed by atoms with E-state index in [2.05, 4.69) is 10.2 Å². The summed E-state index contributed by atoms with van der Waals surface area (Å²) in [6.45, 7) is 0.139. The number of hydrogen-bond acceptors (Lipinski definition) is 6. The molecule has 8 nitrogen and oxygen atoms in total. The van der Waals surface area contributed by atoms with Crippen LogP contribution in [0.1, 0.15) is 6.42 Å². The number of primary sulfonamides is 1. The largest absolute Gasteiger partial charge is 0.403 e. The number of halogens is 1. The lowest BCUT2D eigenvalue weighted by Crippen LogP contribution is -2.27. The maximum absolute atomic E-state index is 12.9. The summed E-state index contributed by atoms with van der Waals surface area (Å²) in [4.78, 5) is 13.2. The normalized spacial score (nSPS) is 18.6. The highest BCUT2D eigenvalue weighted by molar-refractivity contribution is 7.89. The smallest absolute Gasteiger partial charge is 0.325 e. The van der Waals surface area contributed by atoms with Crippen LogP contribution in [-0.4, -0.2) is 36.8 Å². The number of nitrogens with two attached hydrogens (primary N) is 1. The highest BCUT2D eigenvalue weighted by Gasteiger charge is 2.35. The molecule has 10 heteroatoms. The van der Waals surface area contributed by atoms with Gasteiger partial charge in [0.2, 0.25) is 21.8 Å². The molecule has 2 aromatic rings. The van der Waals surface area contributed by atoms with Gasteiger partial charge in [-0.15, -0.1) is 5.10 Å². The second-order valence-corrected chi connectivity index (χ2v) is 6.96. The van der Waals surface area contributed by atoms with E-state index < -0.39 is 21.8 Å². The van der Waals surface area contributed by atoms with Crippen LogP contribution in [0.2, 0.25) is 0 Å². The van der Waals surface area contributed by atoms with Gasteiger partial charge in [0.15, 0.2) is 0 Å². The third kappa shape index (κ3) is 3.54. The highest BCUT2D eigenvalue weighted by atomic mass is 32.2.